The molecule has 0 radical (unpaired) electrons. The minimum atomic E-state index is -0.611. The number of rotatable bonds is 6. The predicted molar refractivity (Wildman–Crippen MR) is 111 cm³/mol. The van der Waals surface area contributed by atoms with Crippen molar-refractivity contribution in [3.05, 3.63) is 35.6 Å². The predicted octanol–water partition coefficient (Wildman–Crippen LogP) is 4.12. The summed E-state index contributed by atoms with van der Waals surface area (Å²) in [5, 5.41) is -0.00676. The highest BCUT2D eigenvalue weighted by Crippen LogP contribution is 2.30. The average Bonchev–Trinajstić information content (AvgIpc) is 2.96. The number of nitrogens with zero attached hydrogens (tertiary/aromatic N) is 2. The number of hydrogen-bond acceptors (Lipinski definition) is 5. The van der Waals surface area contributed by atoms with Crippen molar-refractivity contribution in [2.45, 2.75) is 70.6 Å². The maximum Gasteiger partial charge on any atom is 0.411 e. The first-order valence-corrected chi connectivity index (χ1v) is 10.2. The number of halogens is 1. The maximum atomic E-state index is 13.3. The van der Waals surface area contributed by atoms with Crippen LogP contribution in [0.25, 0.3) is 0 Å². The molecule has 7 heteroatoms. The number of ether oxygens (including phenoxy) is 1. The van der Waals surface area contributed by atoms with Crippen LogP contribution in [0.2, 0.25) is 0 Å². The van der Waals surface area contributed by atoms with Crippen molar-refractivity contribution < 1.29 is 18.7 Å². The van der Waals surface area contributed by atoms with E-state index >= 15 is 0 Å². The Kier molecular flexibility index (Phi) is 7.51. The lowest BCUT2D eigenvalue weighted by molar-refractivity contribution is -0.117. The molecule has 0 N–H and O–H groups in total. The van der Waals surface area contributed by atoms with E-state index < -0.39 is 17.7 Å². The van der Waals surface area contributed by atoms with Crippen LogP contribution < -0.4 is 0 Å². The third kappa shape index (κ3) is 5.95. The van der Waals surface area contributed by atoms with Gasteiger partial charge in [0.15, 0.2) is 0 Å². The molecule has 1 fully saturated rings. The molecule has 0 bridgehead atoms. The van der Waals surface area contributed by atoms with Gasteiger partial charge in [-0.15, -0.1) is 0 Å². The summed E-state index contributed by atoms with van der Waals surface area (Å²) < 4.78 is 18.9. The summed E-state index contributed by atoms with van der Waals surface area (Å²) in [7, 11) is 0. The van der Waals surface area contributed by atoms with E-state index in [9.17, 15) is 14.0 Å². The molecule has 156 valence electrons. The van der Waals surface area contributed by atoms with Crippen LogP contribution in [0.3, 0.4) is 0 Å². The summed E-state index contributed by atoms with van der Waals surface area (Å²) in [5.74, 6) is -0.254. The quantitative estimate of drug-likeness (QED) is 0.566. The molecule has 1 saturated heterocycles. The van der Waals surface area contributed by atoms with Crippen molar-refractivity contribution in [2.75, 3.05) is 6.54 Å². The lowest BCUT2D eigenvalue weighted by Gasteiger charge is -2.40. The van der Waals surface area contributed by atoms with Crippen LogP contribution >= 0.6 is 12.6 Å². The van der Waals surface area contributed by atoms with Gasteiger partial charge in [0.25, 0.3) is 0 Å². The van der Waals surface area contributed by atoms with E-state index in [-0.39, 0.29) is 23.2 Å². The highest BCUT2D eigenvalue weighted by Gasteiger charge is 2.42. The first-order valence-electron chi connectivity index (χ1n) is 9.65. The van der Waals surface area contributed by atoms with Crippen molar-refractivity contribution in [1.29, 1.82) is 0 Å². The number of benzene rings is 1. The lowest BCUT2D eigenvalue weighted by atomic mass is 10.0. The lowest BCUT2D eigenvalue weighted by Crippen LogP contribution is -2.54. The van der Waals surface area contributed by atoms with E-state index in [1.807, 2.05) is 39.5 Å². The molecule has 0 unspecified atom stereocenters. The van der Waals surface area contributed by atoms with Gasteiger partial charge in [-0.3, -0.25) is 9.80 Å². The van der Waals surface area contributed by atoms with E-state index in [0.717, 1.165) is 11.8 Å². The zero-order valence-corrected chi connectivity index (χ0v) is 18.2. The Hall–Kier alpha value is -1.60. The zero-order chi connectivity index (χ0) is 21.1. The second kappa shape index (κ2) is 9.27. The van der Waals surface area contributed by atoms with Crippen LogP contribution in [0.4, 0.5) is 9.18 Å². The molecule has 1 aliphatic heterocycles. The summed E-state index contributed by atoms with van der Waals surface area (Å²) in [6.07, 6.45) is 0.819. The second-order valence-corrected chi connectivity index (χ2v) is 9.40. The highest BCUT2D eigenvalue weighted by molar-refractivity contribution is 7.81. The maximum absolute atomic E-state index is 13.3. The summed E-state index contributed by atoms with van der Waals surface area (Å²) in [6, 6.07) is 5.82. The Morgan fingerprint density at radius 1 is 1.36 bits per heavy atom. The van der Waals surface area contributed by atoms with Gasteiger partial charge in [-0.25, -0.2) is 9.18 Å². The minimum Gasteiger partial charge on any atom is -0.444 e. The topological polar surface area (TPSA) is 49.9 Å². The molecule has 1 aromatic rings. The Morgan fingerprint density at radius 3 is 2.46 bits per heavy atom. The summed E-state index contributed by atoms with van der Waals surface area (Å²) in [4.78, 5) is 28.4. The number of carbonyl (C=O) groups excluding carboxylic acids is 2. The van der Waals surface area contributed by atoms with Crippen LogP contribution in [0.15, 0.2) is 24.3 Å². The summed E-state index contributed by atoms with van der Waals surface area (Å²) in [6.45, 7) is 10.3. The van der Waals surface area contributed by atoms with Crippen molar-refractivity contribution in [3.8, 4) is 0 Å². The third-order valence-electron chi connectivity index (χ3n) is 4.74. The van der Waals surface area contributed by atoms with Crippen LogP contribution in [0, 0.1) is 11.7 Å². The molecule has 0 spiro atoms. The first-order chi connectivity index (χ1) is 13.0. The van der Waals surface area contributed by atoms with E-state index in [1.54, 1.807) is 17.0 Å². The third-order valence-corrected chi connectivity index (χ3v) is 5.12. The molecule has 1 heterocycles. The van der Waals surface area contributed by atoms with Crippen molar-refractivity contribution in [3.63, 3.8) is 0 Å². The number of aldehydes is 1. The van der Waals surface area contributed by atoms with Gasteiger partial charge in [0.1, 0.15) is 17.7 Å². The van der Waals surface area contributed by atoms with Gasteiger partial charge >= 0.3 is 6.09 Å². The number of carbonyl (C=O) groups is 2. The molecule has 0 aromatic heterocycles. The van der Waals surface area contributed by atoms with Crippen LogP contribution in [0.1, 0.15) is 46.6 Å². The van der Waals surface area contributed by atoms with Gasteiger partial charge < -0.3 is 9.53 Å². The average molecular weight is 411 g/mol. The second-order valence-electron chi connectivity index (χ2n) is 8.67. The van der Waals surface area contributed by atoms with Gasteiger partial charge in [-0.05, 0) is 50.8 Å². The Labute approximate surface area is 172 Å². The number of amides is 1. The molecule has 0 saturated carbocycles. The highest BCUT2D eigenvalue weighted by atomic mass is 32.1. The molecule has 0 aliphatic carbocycles. The van der Waals surface area contributed by atoms with Crippen LogP contribution in [-0.2, 0) is 16.1 Å². The van der Waals surface area contributed by atoms with Gasteiger partial charge in [-0.1, -0.05) is 26.0 Å². The van der Waals surface area contributed by atoms with E-state index in [0.29, 0.717) is 19.5 Å². The van der Waals surface area contributed by atoms with Crippen LogP contribution in [0.5, 0.6) is 0 Å². The molecule has 28 heavy (non-hydrogen) atoms. The molecular formula is C21H31FN2O3S. The van der Waals surface area contributed by atoms with Crippen molar-refractivity contribution in [1.82, 2.24) is 9.80 Å². The number of likely N-dealkylation sites (tertiary alicyclic amines) is 1. The fourth-order valence-electron chi connectivity index (χ4n) is 3.45. The SMILES string of the molecule is CC(C)[C@@H](C=O)N(Cc1ccc(F)cc1)[C@@H]1C[C@H](S)CN1C(=O)OC(C)(C)C. The Bertz CT molecular complexity index is 675. The molecule has 5 nitrogen and oxygen atoms in total. The summed E-state index contributed by atoms with van der Waals surface area (Å²) >= 11 is 4.59. The fourth-order valence-corrected chi connectivity index (χ4v) is 3.82. The Balaban J connectivity index is 2.34. The smallest absolute Gasteiger partial charge is 0.411 e. The van der Waals surface area contributed by atoms with E-state index in [4.69, 9.17) is 4.74 Å². The number of thiol groups is 1. The Morgan fingerprint density at radius 2 is 1.96 bits per heavy atom. The van der Waals surface area contributed by atoms with Gasteiger partial charge in [0.2, 0.25) is 0 Å². The van der Waals surface area contributed by atoms with Crippen molar-refractivity contribution >= 4 is 25.0 Å². The van der Waals surface area contributed by atoms with E-state index in [2.05, 4.69) is 12.6 Å². The zero-order valence-electron chi connectivity index (χ0n) is 17.3. The molecular weight excluding hydrogens is 379 g/mol. The van der Waals surface area contributed by atoms with E-state index in [1.165, 1.54) is 12.1 Å². The molecule has 1 amide bonds. The van der Waals surface area contributed by atoms with Crippen LogP contribution in [-0.4, -0.2) is 51.8 Å². The van der Waals surface area contributed by atoms with Crippen molar-refractivity contribution in [2.24, 2.45) is 5.92 Å². The van der Waals surface area contributed by atoms with Gasteiger partial charge in [-0.2, -0.15) is 12.6 Å². The molecule has 2 rings (SSSR count). The van der Waals surface area contributed by atoms with Gasteiger partial charge in [0.05, 0.1) is 12.2 Å². The minimum absolute atomic E-state index is 0.00676. The molecule has 3 atom stereocenters. The standard InChI is InChI=1S/C21H31FN2O3S/c1-14(2)18(13-25)23(11-15-6-8-16(22)9-7-15)19-10-17(28)12-24(19)20(26)27-21(3,4)5/h6-9,13-14,17-19,28H,10-12H2,1-5H3/t17-,18+,19-/m0/s1. The fraction of sp³-hybridized carbons (Fsp3) is 0.619. The monoisotopic (exact) mass is 410 g/mol. The molecule has 1 aromatic carbocycles. The number of hydrogen-bond donors (Lipinski definition) is 1. The normalized spacial score (nSPS) is 21.2. The molecule has 1 aliphatic rings. The van der Waals surface area contributed by atoms with Gasteiger partial charge in [0, 0.05) is 18.3 Å². The largest absolute Gasteiger partial charge is 0.444 e. The summed E-state index contributed by atoms with van der Waals surface area (Å²) in [5.41, 5.74) is 0.265. The first kappa shape index (κ1) is 22.7.